The molecule has 17 heavy (non-hydrogen) atoms. The molecule has 2 aromatic rings. The molecule has 1 aromatic carbocycles. The predicted octanol–water partition coefficient (Wildman–Crippen LogP) is 2.49. The predicted molar refractivity (Wildman–Crippen MR) is 63.3 cm³/mol. The molecule has 0 amide bonds. The van der Waals surface area contributed by atoms with E-state index in [1.54, 1.807) is 30.1 Å². The van der Waals surface area contributed by atoms with Crippen molar-refractivity contribution in [2.75, 3.05) is 0 Å². The van der Waals surface area contributed by atoms with Gasteiger partial charge < -0.3 is 5.11 Å². The Morgan fingerprint density at radius 1 is 1.47 bits per heavy atom. The van der Waals surface area contributed by atoms with Crippen LogP contribution in [0.5, 0.6) is 0 Å². The van der Waals surface area contributed by atoms with Gasteiger partial charge in [0.15, 0.2) is 0 Å². The quantitative estimate of drug-likeness (QED) is 0.914. The molecule has 0 saturated heterocycles. The van der Waals surface area contributed by atoms with Crippen LogP contribution in [-0.4, -0.2) is 14.9 Å². The molecular formula is C12H12ClFN2O. The highest BCUT2D eigenvalue weighted by molar-refractivity contribution is 6.30. The van der Waals surface area contributed by atoms with Crippen molar-refractivity contribution in [2.24, 2.45) is 7.05 Å². The number of rotatable bonds is 3. The zero-order chi connectivity index (χ0) is 12.4. The molecule has 1 N–H and O–H groups in total. The maximum atomic E-state index is 13.6. The van der Waals surface area contributed by atoms with Gasteiger partial charge in [0, 0.05) is 25.2 Å². The highest BCUT2D eigenvalue weighted by atomic mass is 35.5. The van der Waals surface area contributed by atoms with Crippen molar-refractivity contribution in [2.45, 2.75) is 12.5 Å². The third-order valence-corrected chi connectivity index (χ3v) is 2.80. The third-order valence-electron chi connectivity index (χ3n) is 2.51. The Labute approximate surface area is 103 Å². The molecule has 0 aliphatic heterocycles. The number of benzene rings is 1. The Morgan fingerprint density at radius 3 is 2.88 bits per heavy atom. The SMILES string of the molecule is Cn1ccc(CC(O)c2cccc(Cl)c2F)n1. The molecule has 5 heteroatoms. The van der Waals surface area contributed by atoms with Crippen molar-refractivity contribution < 1.29 is 9.50 Å². The van der Waals surface area contributed by atoms with Crippen LogP contribution < -0.4 is 0 Å². The minimum absolute atomic E-state index is 0.0163. The summed E-state index contributed by atoms with van der Waals surface area (Å²) in [5.41, 5.74) is 0.905. The van der Waals surface area contributed by atoms with E-state index in [9.17, 15) is 9.50 Å². The molecule has 0 spiro atoms. The van der Waals surface area contributed by atoms with E-state index >= 15 is 0 Å². The summed E-state index contributed by atoms with van der Waals surface area (Å²) < 4.78 is 15.3. The molecule has 1 unspecified atom stereocenters. The molecule has 0 bridgehead atoms. The van der Waals surface area contributed by atoms with E-state index in [2.05, 4.69) is 5.10 Å². The second kappa shape index (κ2) is 4.85. The van der Waals surface area contributed by atoms with Crippen LogP contribution in [0.1, 0.15) is 17.4 Å². The summed E-state index contributed by atoms with van der Waals surface area (Å²) in [5.74, 6) is -0.572. The normalized spacial score (nSPS) is 12.7. The van der Waals surface area contributed by atoms with Gasteiger partial charge in [-0.05, 0) is 12.1 Å². The Bertz CT molecular complexity index is 527. The van der Waals surface area contributed by atoms with Crippen molar-refractivity contribution in [3.63, 3.8) is 0 Å². The number of hydrogen-bond acceptors (Lipinski definition) is 2. The molecule has 1 heterocycles. The highest BCUT2D eigenvalue weighted by Crippen LogP contribution is 2.25. The van der Waals surface area contributed by atoms with Gasteiger partial charge in [0.2, 0.25) is 0 Å². The second-order valence-electron chi connectivity index (χ2n) is 3.84. The van der Waals surface area contributed by atoms with E-state index in [-0.39, 0.29) is 17.0 Å². The summed E-state index contributed by atoms with van der Waals surface area (Å²) in [7, 11) is 1.79. The average molecular weight is 255 g/mol. The molecular weight excluding hydrogens is 243 g/mol. The first-order valence-corrected chi connectivity index (χ1v) is 5.56. The zero-order valence-electron chi connectivity index (χ0n) is 9.27. The first-order chi connectivity index (χ1) is 8.08. The molecule has 0 radical (unpaired) electrons. The largest absolute Gasteiger partial charge is 0.388 e. The van der Waals surface area contributed by atoms with Crippen LogP contribution in [0.2, 0.25) is 5.02 Å². The maximum absolute atomic E-state index is 13.6. The highest BCUT2D eigenvalue weighted by Gasteiger charge is 2.16. The van der Waals surface area contributed by atoms with Gasteiger partial charge in [-0.1, -0.05) is 23.7 Å². The van der Waals surface area contributed by atoms with Gasteiger partial charge in [-0.15, -0.1) is 0 Å². The van der Waals surface area contributed by atoms with E-state index in [1.807, 2.05) is 0 Å². The fourth-order valence-electron chi connectivity index (χ4n) is 1.66. The lowest BCUT2D eigenvalue weighted by atomic mass is 10.0. The van der Waals surface area contributed by atoms with Crippen LogP contribution in [0.15, 0.2) is 30.5 Å². The van der Waals surface area contributed by atoms with Crippen molar-refractivity contribution >= 4 is 11.6 Å². The van der Waals surface area contributed by atoms with E-state index in [0.717, 1.165) is 0 Å². The molecule has 0 fully saturated rings. The molecule has 0 aliphatic rings. The summed E-state index contributed by atoms with van der Waals surface area (Å²) in [6.07, 6.45) is 1.10. The van der Waals surface area contributed by atoms with Gasteiger partial charge in [-0.3, -0.25) is 4.68 Å². The van der Waals surface area contributed by atoms with Gasteiger partial charge in [-0.2, -0.15) is 5.10 Å². The topological polar surface area (TPSA) is 38.0 Å². The number of aliphatic hydroxyl groups is 1. The fourth-order valence-corrected chi connectivity index (χ4v) is 1.84. The van der Waals surface area contributed by atoms with E-state index in [4.69, 9.17) is 11.6 Å². The summed E-state index contributed by atoms with van der Waals surface area (Å²) in [5, 5.41) is 14.1. The van der Waals surface area contributed by atoms with Crippen LogP contribution in [0.4, 0.5) is 4.39 Å². The standard InChI is InChI=1S/C12H12ClFN2O/c1-16-6-5-8(15-16)7-11(17)9-3-2-4-10(13)12(9)14/h2-6,11,17H,7H2,1H3. The van der Waals surface area contributed by atoms with Crippen LogP contribution >= 0.6 is 11.6 Å². The van der Waals surface area contributed by atoms with E-state index in [1.165, 1.54) is 12.1 Å². The minimum atomic E-state index is -0.941. The Balaban J connectivity index is 2.20. The summed E-state index contributed by atoms with van der Waals surface area (Å²) in [4.78, 5) is 0. The number of aryl methyl sites for hydroxylation is 1. The van der Waals surface area contributed by atoms with Gasteiger partial charge >= 0.3 is 0 Å². The molecule has 90 valence electrons. The fraction of sp³-hybridized carbons (Fsp3) is 0.250. The number of aromatic nitrogens is 2. The molecule has 0 saturated carbocycles. The van der Waals surface area contributed by atoms with Crippen LogP contribution in [0.25, 0.3) is 0 Å². The van der Waals surface area contributed by atoms with E-state index in [0.29, 0.717) is 5.69 Å². The van der Waals surface area contributed by atoms with Crippen molar-refractivity contribution in [1.29, 1.82) is 0 Å². The number of aliphatic hydroxyl groups excluding tert-OH is 1. The first-order valence-electron chi connectivity index (χ1n) is 5.18. The molecule has 3 nitrogen and oxygen atoms in total. The molecule has 0 aliphatic carbocycles. The Kier molecular flexibility index (Phi) is 3.45. The summed E-state index contributed by atoms with van der Waals surface area (Å²) in [6.45, 7) is 0. The summed E-state index contributed by atoms with van der Waals surface area (Å²) in [6, 6.07) is 6.37. The van der Waals surface area contributed by atoms with Gasteiger partial charge in [0.1, 0.15) is 5.82 Å². The lowest BCUT2D eigenvalue weighted by Crippen LogP contribution is -2.05. The van der Waals surface area contributed by atoms with Crippen LogP contribution in [0, 0.1) is 5.82 Å². The average Bonchev–Trinajstić information content (AvgIpc) is 2.68. The third kappa shape index (κ3) is 2.65. The molecule has 1 atom stereocenters. The zero-order valence-corrected chi connectivity index (χ0v) is 10.0. The number of halogens is 2. The van der Waals surface area contributed by atoms with Crippen molar-refractivity contribution in [1.82, 2.24) is 9.78 Å². The minimum Gasteiger partial charge on any atom is -0.388 e. The van der Waals surface area contributed by atoms with Crippen molar-refractivity contribution in [3.8, 4) is 0 Å². The van der Waals surface area contributed by atoms with Crippen molar-refractivity contribution in [3.05, 3.63) is 52.6 Å². The monoisotopic (exact) mass is 254 g/mol. The van der Waals surface area contributed by atoms with Crippen LogP contribution in [0.3, 0.4) is 0 Å². The second-order valence-corrected chi connectivity index (χ2v) is 4.25. The van der Waals surface area contributed by atoms with Crippen LogP contribution in [-0.2, 0) is 13.5 Å². The first kappa shape index (κ1) is 12.1. The van der Waals surface area contributed by atoms with Gasteiger partial charge in [0.05, 0.1) is 16.8 Å². The maximum Gasteiger partial charge on any atom is 0.147 e. The lowest BCUT2D eigenvalue weighted by Gasteiger charge is -2.11. The van der Waals surface area contributed by atoms with E-state index < -0.39 is 11.9 Å². The molecule has 2 rings (SSSR count). The number of hydrogen-bond donors (Lipinski definition) is 1. The summed E-state index contributed by atoms with van der Waals surface area (Å²) >= 11 is 5.66. The Hall–Kier alpha value is -1.39. The smallest absolute Gasteiger partial charge is 0.147 e. The number of nitrogens with zero attached hydrogens (tertiary/aromatic N) is 2. The molecule has 1 aromatic heterocycles. The van der Waals surface area contributed by atoms with Gasteiger partial charge in [-0.25, -0.2) is 4.39 Å². The van der Waals surface area contributed by atoms with Gasteiger partial charge in [0.25, 0.3) is 0 Å². The Morgan fingerprint density at radius 2 is 2.24 bits per heavy atom. The lowest BCUT2D eigenvalue weighted by molar-refractivity contribution is 0.172.